The quantitative estimate of drug-likeness (QED) is 0.230. The predicted octanol–water partition coefficient (Wildman–Crippen LogP) is 7.22. The van der Waals surface area contributed by atoms with Gasteiger partial charge < -0.3 is 4.74 Å². The molecule has 1 heterocycles. The van der Waals surface area contributed by atoms with Crippen LogP contribution in [0.1, 0.15) is 18.4 Å². The first-order valence-electron chi connectivity index (χ1n) is 10.1. The van der Waals surface area contributed by atoms with Gasteiger partial charge in [0.15, 0.2) is 0 Å². The van der Waals surface area contributed by atoms with Gasteiger partial charge in [-0.15, -0.1) is 11.8 Å². The molecule has 1 nitrogen and oxygen atoms in total. The van der Waals surface area contributed by atoms with E-state index in [0.717, 1.165) is 53.4 Å². The third-order valence-electron chi connectivity index (χ3n) is 5.29. The number of benzene rings is 3. The number of halogens is 5. The second kappa shape index (κ2) is 9.51. The molecule has 3 aromatic carbocycles. The summed E-state index contributed by atoms with van der Waals surface area (Å²) in [4.78, 5) is 1.13. The van der Waals surface area contributed by atoms with E-state index in [1.807, 2.05) is 24.3 Å². The lowest BCUT2D eigenvalue weighted by molar-refractivity contribution is -0.0696. The zero-order valence-corrected chi connectivity index (χ0v) is 17.8. The van der Waals surface area contributed by atoms with Crippen LogP contribution in [0.2, 0.25) is 0 Å². The maximum Gasteiger partial charge on any atom is 0.458 e. The summed E-state index contributed by atoms with van der Waals surface area (Å²) in [5, 5.41) is 0.273. The molecule has 0 bridgehead atoms. The van der Waals surface area contributed by atoms with Crippen LogP contribution in [0.5, 0.6) is 0 Å². The highest BCUT2D eigenvalue weighted by atomic mass is 32.2. The van der Waals surface area contributed by atoms with E-state index in [2.05, 4.69) is 0 Å². The second-order valence-corrected chi connectivity index (χ2v) is 8.74. The largest absolute Gasteiger partial charge is 0.458 e. The molecule has 32 heavy (non-hydrogen) atoms. The summed E-state index contributed by atoms with van der Waals surface area (Å²) in [5.41, 5.74) is 0.744. The summed E-state index contributed by atoms with van der Waals surface area (Å²) >= 11 is 1.77. The normalized spacial score (nSPS) is 16.6. The Morgan fingerprint density at radius 3 is 2.44 bits per heavy atom. The molecular weight excluding hydrogens is 443 g/mol. The standard InChI is InChI=1S/C25H19F5OS/c26-23-13-19-12-18(5-8-21(19)24(27)22(23)9-10-25(28,29)30)17-3-6-20(7-4-17)32-15-16-2-1-11-31-14-16/h3-8,12-13,16H,1-2,11,14-15H2. The Morgan fingerprint density at radius 1 is 1.00 bits per heavy atom. The molecule has 0 amide bonds. The van der Waals surface area contributed by atoms with Crippen molar-refractivity contribution in [3.05, 3.63) is 65.7 Å². The van der Waals surface area contributed by atoms with Crippen molar-refractivity contribution in [3.63, 3.8) is 0 Å². The van der Waals surface area contributed by atoms with Gasteiger partial charge in [-0.2, -0.15) is 13.2 Å². The summed E-state index contributed by atoms with van der Waals surface area (Å²) in [6.07, 6.45) is -2.55. The van der Waals surface area contributed by atoms with Crippen molar-refractivity contribution in [2.75, 3.05) is 19.0 Å². The van der Waals surface area contributed by atoms with Gasteiger partial charge in [-0.05, 0) is 59.5 Å². The maximum atomic E-state index is 14.6. The first-order chi connectivity index (χ1) is 15.3. The molecule has 1 unspecified atom stereocenters. The van der Waals surface area contributed by atoms with E-state index in [-0.39, 0.29) is 10.8 Å². The van der Waals surface area contributed by atoms with Crippen LogP contribution in [-0.2, 0) is 4.74 Å². The highest BCUT2D eigenvalue weighted by Crippen LogP contribution is 2.31. The van der Waals surface area contributed by atoms with E-state index in [4.69, 9.17) is 4.74 Å². The number of ether oxygens (including phenoxy) is 1. The van der Waals surface area contributed by atoms with Gasteiger partial charge in [-0.1, -0.05) is 30.2 Å². The summed E-state index contributed by atoms with van der Waals surface area (Å²) in [6.45, 7) is 1.65. The van der Waals surface area contributed by atoms with Gasteiger partial charge in [0, 0.05) is 28.6 Å². The van der Waals surface area contributed by atoms with Crippen LogP contribution < -0.4 is 0 Å². The molecular formula is C25H19F5OS. The lowest BCUT2D eigenvalue weighted by Crippen LogP contribution is -2.18. The van der Waals surface area contributed by atoms with Crippen LogP contribution in [0.4, 0.5) is 22.0 Å². The Hall–Kier alpha value is -2.56. The van der Waals surface area contributed by atoms with E-state index < -0.39 is 23.4 Å². The van der Waals surface area contributed by atoms with Crippen molar-refractivity contribution in [1.82, 2.24) is 0 Å². The van der Waals surface area contributed by atoms with Crippen LogP contribution in [0.25, 0.3) is 21.9 Å². The van der Waals surface area contributed by atoms with Crippen molar-refractivity contribution in [3.8, 4) is 23.0 Å². The van der Waals surface area contributed by atoms with Crippen molar-refractivity contribution in [1.29, 1.82) is 0 Å². The van der Waals surface area contributed by atoms with Gasteiger partial charge in [0.2, 0.25) is 0 Å². The van der Waals surface area contributed by atoms with Gasteiger partial charge in [-0.3, -0.25) is 0 Å². The summed E-state index contributed by atoms with van der Waals surface area (Å²) in [7, 11) is 0. The topological polar surface area (TPSA) is 9.23 Å². The van der Waals surface area contributed by atoms with Crippen molar-refractivity contribution in [2.24, 2.45) is 5.92 Å². The van der Waals surface area contributed by atoms with Crippen molar-refractivity contribution < 1.29 is 26.7 Å². The molecule has 1 saturated heterocycles. The fraction of sp³-hybridized carbons (Fsp3) is 0.280. The van der Waals surface area contributed by atoms with Crippen LogP contribution in [0.3, 0.4) is 0 Å². The lowest BCUT2D eigenvalue weighted by Gasteiger charge is -2.21. The van der Waals surface area contributed by atoms with E-state index >= 15 is 0 Å². The van der Waals surface area contributed by atoms with Crippen LogP contribution in [0, 0.1) is 29.4 Å². The molecule has 1 aliphatic heterocycles. The fourth-order valence-corrected chi connectivity index (χ4v) is 4.67. The molecule has 0 spiro atoms. The molecule has 1 atom stereocenters. The average Bonchev–Trinajstić information content (AvgIpc) is 2.77. The van der Waals surface area contributed by atoms with E-state index in [1.165, 1.54) is 12.5 Å². The van der Waals surface area contributed by atoms with E-state index in [0.29, 0.717) is 5.92 Å². The SMILES string of the molecule is Fc1cc2cc(-c3ccc(SCC4CCCOC4)cc3)ccc2c(F)c1C#CC(F)(F)F. The number of hydrogen-bond acceptors (Lipinski definition) is 2. The van der Waals surface area contributed by atoms with Crippen molar-refractivity contribution >= 4 is 22.5 Å². The molecule has 4 rings (SSSR count). The summed E-state index contributed by atoms with van der Waals surface area (Å²) < 4.78 is 71.3. The van der Waals surface area contributed by atoms with Gasteiger partial charge in [0.25, 0.3) is 0 Å². The monoisotopic (exact) mass is 462 g/mol. The number of fused-ring (bicyclic) bond motifs is 1. The molecule has 0 aromatic heterocycles. The molecule has 3 aromatic rings. The van der Waals surface area contributed by atoms with Crippen LogP contribution >= 0.6 is 11.8 Å². The fourth-order valence-electron chi connectivity index (χ4n) is 3.65. The Morgan fingerprint density at radius 2 is 1.75 bits per heavy atom. The molecule has 7 heteroatoms. The number of alkyl halides is 3. The number of rotatable bonds is 4. The Kier molecular flexibility index (Phi) is 6.73. The molecule has 1 fully saturated rings. The zero-order chi connectivity index (χ0) is 22.7. The minimum Gasteiger partial charge on any atom is -0.381 e. The summed E-state index contributed by atoms with van der Waals surface area (Å²) in [5.74, 6) is 1.82. The molecule has 1 aliphatic rings. The second-order valence-electron chi connectivity index (χ2n) is 7.65. The van der Waals surface area contributed by atoms with E-state index in [1.54, 1.807) is 29.8 Å². The number of thioether (sulfide) groups is 1. The van der Waals surface area contributed by atoms with Crippen LogP contribution in [0.15, 0.2) is 53.4 Å². The average molecular weight is 462 g/mol. The Labute approximate surface area is 187 Å². The third kappa shape index (κ3) is 5.43. The minimum atomic E-state index is -4.83. The molecule has 0 N–H and O–H groups in total. The first-order valence-corrected chi connectivity index (χ1v) is 11.1. The maximum absolute atomic E-state index is 14.6. The Balaban J connectivity index is 1.55. The van der Waals surface area contributed by atoms with Crippen LogP contribution in [-0.4, -0.2) is 25.1 Å². The highest BCUT2D eigenvalue weighted by molar-refractivity contribution is 7.99. The molecule has 0 aliphatic carbocycles. The van der Waals surface area contributed by atoms with Gasteiger partial charge >= 0.3 is 6.18 Å². The Bertz CT molecular complexity index is 1170. The lowest BCUT2D eigenvalue weighted by atomic mass is 9.99. The smallest absolute Gasteiger partial charge is 0.381 e. The summed E-state index contributed by atoms with van der Waals surface area (Å²) in [6, 6.07) is 13.6. The molecule has 0 radical (unpaired) electrons. The zero-order valence-electron chi connectivity index (χ0n) is 16.9. The minimum absolute atomic E-state index is 0.0171. The molecule has 0 saturated carbocycles. The van der Waals surface area contributed by atoms with Gasteiger partial charge in [0.1, 0.15) is 11.6 Å². The number of hydrogen-bond donors (Lipinski definition) is 0. The molecule has 166 valence electrons. The highest BCUT2D eigenvalue weighted by Gasteiger charge is 2.24. The predicted molar refractivity (Wildman–Crippen MR) is 117 cm³/mol. The van der Waals surface area contributed by atoms with Gasteiger partial charge in [-0.25, -0.2) is 8.78 Å². The van der Waals surface area contributed by atoms with E-state index in [9.17, 15) is 22.0 Å². The van der Waals surface area contributed by atoms with Gasteiger partial charge in [0.05, 0.1) is 12.2 Å². The third-order valence-corrected chi connectivity index (χ3v) is 6.53. The first kappa shape index (κ1) is 22.6. The van der Waals surface area contributed by atoms with Crippen molar-refractivity contribution in [2.45, 2.75) is 23.9 Å².